The molecule has 1 aromatic carbocycles. The summed E-state index contributed by atoms with van der Waals surface area (Å²) >= 11 is 12.2. The molecule has 0 saturated carbocycles. The van der Waals surface area contributed by atoms with Gasteiger partial charge in [0.15, 0.2) is 5.78 Å². The van der Waals surface area contributed by atoms with Gasteiger partial charge in [0.25, 0.3) is 0 Å². The molecule has 1 atom stereocenters. The van der Waals surface area contributed by atoms with Gasteiger partial charge in [0, 0.05) is 32.2 Å². The molecule has 1 fully saturated rings. The van der Waals surface area contributed by atoms with Gasteiger partial charge >= 0.3 is 0 Å². The minimum absolute atomic E-state index is 0.107. The van der Waals surface area contributed by atoms with Gasteiger partial charge in [-0.15, -0.1) is 0 Å². The van der Waals surface area contributed by atoms with Crippen LogP contribution >= 0.6 is 23.2 Å². The lowest BCUT2D eigenvalue weighted by Gasteiger charge is -2.32. The molecule has 1 aromatic rings. The second-order valence-corrected chi connectivity index (χ2v) is 6.59. The molecule has 1 aliphatic heterocycles. The number of halogens is 2. The molecule has 0 aromatic heterocycles. The summed E-state index contributed by atoms with van der Waals surface area (Å²) in [4.78, 5) is 37.3. The van der Waals surface area contributed by atoms with Crippen molar-refractivity contribution in [3.63, 3.8) is 0 Å². The molecule has 136 valence electrons. The Morgan fingerprint density at radius 2 is 1.92 bits per heavy atom. The van der Waals surface area contributed by atoms with Gasteiger partial charge in [0.05, 0.1) is 28.3 Å². The van der Waals surface area contributed by atoms with E-state index in [9.17, 15) is 14.4 Å². The van der Waals surface area contributed by atoms with E-state index in [0.717, 1.165) is 0 Å². The number of anilines is 1. The van der Waals surface area contributed by atoms with Crippen LogP contribution in [-0.2, 0) is 9.59 Å². The number of nitrogens with zero attached hydrogens (tertiary/aromatic N) is 1. The first-order valence-electron chi connectivity index (χ1n) is 7.79. The van der Waals surface area contributed by atoms with E-state index in [2.05, 4.69) is 16.0 Å². The second kappa shape index (κ2) is 8.62. The summed E-state index contributed by atoms with van der Waals surface area (Å²) in [7, 11) is 1.57. The van der Waals surface area contributed by atoms with Crippen LogP contribution in [0.2, 0.25) is 10.0 Å². The van der Waals surface area contributed by atoms with E-state index in [-0.39, 0.29) is 45.9 Å². The summed E-state index contributed by atoms with van der Waals surface area (Å²) in [5.41, 5.74) is 0.653. The van der Waals surface area contributed by atoms with E-state index >= 15 is 0 Å². The fraction of sp³-hybridized carbons (Fsp3) is 0.438. The van der Waals surface area contributed by atoms with Crippen molar-refractivity contribution in [2.45, 2.75) is 13.0 Å². The van der Waals surface area contributed by atoms with Gasteiger partial charge in [-0.1, -0.05) is 23.2 Å². The van der Waals surface area contributed by atoms with Crippen LogP contribution in [0.3, 0.4) is 0 Å². The van der Waals surface area contributed by atoms with Gasteiger partial charge in [-0.2, -0.15) is 0 Å². The lowest BCUT2D eigenvalue weighted by molar-refractivity contribution is -0.125. The third-order valence-electron chi connectivity index (χ3n) is 3.90. The molecule has 25 heavy (non-hydrogen) atoms. The van der Waals surface area contributed by atoms with Gasteiger partial charge in [0.2, 0.25) is 11.8 Å². The molecule has 7 nitrogen and oxygen atoms in total. The Kier molecular flexibility index (Phi) is 6.78. The Labute approximate surface area is 156 Å². The number of amides is 2. The summed E-state index contributed by atoms with van der Waals surface area (Å²) < 4.78 is 0. The van der Waals surface area contributed by atoms with Gasteiger partial charge in [0.1, 0.15) is 0 Å². The molecule has 0 aliphatic carbocycles. The topological polar surface area (TPSA) is 90.5 Å². The fourth-order valence-corrected chi connectivity index (χ4v) is 3.16. The molecule has 1 saturated heterocycles. The summed E-state index contributed by atoms with van der Waals surface area (Å²) in [5, 5.41) is 8.76. The number of ketones is 1. The Balaban J connectivity index is 2.01. The average molecular weight is 387 g/mol. The maximum Gasteiger partial charge on any atom is 0.238 e. The lowest BCUT2D eigenvalue weighted by atomic mass is 10.1. The Hall–Kier alpha value is -1.67. The summed E-state index contributed by atoms with van der Waals surface area (Å²) in [6.45, 7) is 3.20. The van der Waals surface area contributed by atoms with E-state index in [4.69, 9.17) is 23.2 Å². The summed E-state index contributed by atoms with van der Waals surface area (Å²) in [6, 6.07) is 2.59. The predicted octanol–water partition coefficient (Wildman–Crippen LogP) is 1.15. The molecule has 0 spiro atoms. The van der Waals surface area contributed by atoms with Crippen molar-refractivity contribution in [3.05, 3.63) is 27.7 Å². The molecular weight excluding hydrogens is 367 g/mol. The highest BCUT2D eigenvalue weighted by Gasteiger charge is 2.26. The predicted molar refractivity (Wildman–Crippen MR) is 97.4 cm³/mol. The van der Waals surface area contributed by atoms with Crippen LogP contribution in [0.15, 0.2) is 12.1 Å². The third kappa shape index (κ3) is 5.15. The minimum Gasteiger partial charge on any atom is -0.358 e. The van der Waals surface area contributed by atoms with E-state index in [0.29, 0.717) is 25.2 Å². The SMILES string of the molecule is CNC(=O)C1CN(CC(=O)Nc2c(Cl)cc(C(C)=O)cc2Cl)CCN1. The number of piperazine rings is 1. The number of likely N-dealkylation sites (N-methyl/N-ethyl adjacent to an activating group) is 1. The van der Waals surface area contributed by atoms with Gasteiger partial charge < -0.3 is 16.0 Å². The number of carbonyl (C=O) groups excluding carboxylic acids is 3. The van der Waals surface area contributed by atoms with Crippen molar-refractivity contribution in [2.24, 2.45) is 0 Å². The molecule has 1 heterocycles. The van der Waals surface area contributed by atoms with Gasteiger partial charge in [-0.25, -0.2) is 0 Å². The zero-order chi connectivity index (χ0) is 18.6. The van der Waals surface area contributed by atoms with Crippen LogP contribution in [-0.4, -0.2) is 61.8 Å². The fourth-order valence-electron chi connectivity index (χ4n) is 2.58. The molecule has 1 unspecified atom stereocenters. The van der Waals surface area contributed by atoms with Crippen LogP contribution in [0.1, 0.15) is 17.3 Å². The smallest absolute Gasteiger partial charge is 0.238 e. The molecule has 0 radical (unpaired) electrons. The number of benzene rings is 1. The van der Waals surface area contributed by atoms with E-state index in [1.165, 1.54) is 19.1 Å². The molecule has 2 amide bonds. The van der Waals surface area contributed by atoms with Crippen LogP contribution in [0.25, 0.3) is 0 Å². The Bertz CT molecular complexity index is 673. The first-order valence-corrected chi connectivity index (χ1v) is 8.54. The normalized spacial score (nSPS) is 17.8. The first kappa shape index (κ1) is 19.7. The van der Waals surface area contributed by atoms with Crippen molar-refractivity contribution in [1.82, 2.24) is 15.5 Å². The molecule has 1 aliphatic rings. The molecule has 3 N–H and O–H groups in total. The van der Waals surface area contributed by atoms with Crippen molar-refractivity contribution >= 4 is 46.5 Å². The first-order chi connectivity index (χ1) is 11.8. The molecular formula is C16H20Cl2N4O3. The Morgan fingerprint density at radius 1 is 1.28 bits per heavy atom. The maximum absolute atomic E-state index is 12.3. The Morgan fingerprint density at radius 3 is 2.48 bits per heavy atom. The van der Waals surface area contributed by atoms with Crippen molar-refractivity contribution in [2.75, 3.05) is 38.5 Å². The zero-order valence-corrected chi connectivity index (χ0v) is 15.5. The summed E-state index contributed by atoms with van der Waals surface area (Å²) in [6.07, 6.45) is 0. The maximum atomic E-state index is 12.3. The van der Waals surface area contributed by atoms with E-state index in [1.54, 1.807) is 7.05 Å². The quantitative estimate of drug-likeness (QED) is 0.660. The van der Waals surface area contributed by atoms with E-state index < -0.39 is 0 Å². The second-order valence-electron chi connectivity index (χ2n) is 5.78. The zero-order valence-electron chi connectivity index (χ0n) is 14.0. The largest absolute Gasteiger partial charge is 0.358 e. The highest BCUT2D eigenvalue weighted by molar-refractivity contribution is 6.40. The van der Waals surface area contributed by atoms with Crippen LogP contribution in [0.5, 0.6) is 0 Å². The minimum atomic E-state index is -0.353. The van der Waals surface area contributed by atoms with Crippen molar-refractivity contribution < 1.29 is 14.4 Å². The number of hydrogen-bond acceptors (Lipinski definition) is 5. The van der Waals surface area contributed by atoms with Crippen LogP contribution < -0.4 is 16.0 Å². The van der Waals surface area contributed by atoms with Gasteiger partial charge in [-0.3, -0.25) is 19.3 Å². The number of carbonyl (C=O) groups is 3. The monoisotopic (exact) mass is 386 g/mol. The van der Waals surface area contributed by atoms with E-state index in [1.807, 2.05) is 4.90 Å². The van der Waals surface area contributed by atoms with Crippen molar-refractivity contribution in [3.8, 4) is 0 Å². The number of Topliss-reactive ketones (excluding diaryl/α,β-unsaturated/α-hetero) is 1. The van der Waals surface area contributed by atoms with Crippen molar-refractivity contribution in [1.29, 1.82) is 0 Å². The number of hydrogen-bond donors (Lipinski definition) is 3. The highest BCUT2D eigenvalue weighted by Crippen LogP contribution is 2.32. The molecule has 0 bridgehead atoms. The third-order valence-corrected chi connectivity index (χ3v) is 4.50. The number of nitrogens with one attached hydrogen (secondary N) is 3. The molecule has 2 rings (SSSR count). The van der Waals surface area contributed by atoms with Crippen LogP contribution in [0, 0.1) is 0 Å². The standard InChI is InChI=1S/C16H20Cl2N4O3/c1-9(23)10-5-11(17)15(12(18)6-10)21-14(24)8-22-4-3-20-13(7-22)16(25)19-2/h5-6,13,20H,3-4,7-8H2,1-2H3,(H,19,25)(H,21,24). The summed E-state index contributed by atoms with van der Waals surface area (Å²) in [5.74, 6) is -0.573. The van der Waals surface area contributed by atoms with Gasteiger partial charge in [-0.05, 0) is 19.1 Å². The highest BCUT2D eigenvalue weighted by atomic mass is 35.5. The average Bonchev–Trinajstić information content (AvgIpc) is 2.57. The number of rotatable bonds is 5. The molecule has 9 heteroatoms. The van der Waals surface area contributed by atoms with Crippen LogP contribution in [0.4, 0.5) is 5.69 Å². The lowest BCUT2D eigenvalue weighted by Crippen LogP contribution is -2.57.